The van der Waals surface area contributed by atoms with E-state index in [0.29, 0.717) is 12.4 Å². The van der Waals surface area contributed by atoms with Crippen LogP contribution in [-0.2, 0) is 4.79 Å². The molecule has 0 aliphatic rings. The predicted molar refractivity (Wildman–Crippen MR) is 99.3 cm³/mol. The second-order valence-electron chi connectivity index (χ2n) is 5.30. The second kappa shape index (κ2) is 9.32. The maximum Gasteiger partial charge on any atom is 0.259 e. The number of phenols is 1. The zero-order chi connectivity index (χ0) is 18.1. The Morgan fingerprint density at radius 3 is 2.68 bits per heavy atom. The number of phenolic OH excluding ortho intramolecular Hbond substituents is 1. The molecule has 0 bridgehead atoms. The van der Waals surface area contributed by atoms with Crippen molar-refractivity contribution in [1.82, 2.24) is 5.43 Å². The van der Waals surface area contributed by atoms with Crippen molar-refractivity contribution in [2.45, 2.75) is 13.8 Å². The predicted octanol–water partition coefficient (Wildman–Crippen LogP) is 2.77. The van der Waals surface area contributed by atoms with Crippen molar-refractivity contribution in [1.29, 1.82) is 0 Å². The number of hydrazone groups is 1. The van der Waals surface area contributed by atoms with Gasteiger partial charge in [0.05, 0.1) is 19.4 Å². The number of nitrogens with zero attached hydrogens (tertiary/aromatic N) is 2. The Bertz CT molecular complexity index is 717. The first-order valence-electron chi connectivity index (χ1n) is 8.21. The summed E-state index contributed by atoms with van der Waals surface area (Å²) in [5.74, 6) is 0.259. The third kappa shape index (κ3) is 5.53. The van der Waals surface area contributed by atoms with E-state index in [-0.39, 0.29) is 18.2 Å². The molecule has 1 amide bonds. The van der Waals surface area contributed by atoms with Gasteiger partial charge in [0, 0.05) is 12.2 Å². The van der Waals surface area contributed by atoms with Crippen LogP contribution in [0.2, 0.25) is 0 Å². The summed E-state index contributed by atoms with van der Waals surface area (Å²) in [6.45, 7) is 5.23. The number of para-hydroxylation sites is 1. The maximum absolute atomic E-state index is 12.1. The van der Waals surface area contributed by atoms with Crippen molar-refractivity contribution in [2.75, 3.05) is 24.6 Å². The van der Waals surface area contributed by atoms with Crippen molar-refractivity contribution >= 4 is 17.8 Å². The van der Waals surface area contributed by atoms with Gasteiger partial charge in [-0.3, -0.25) is 4.79 Å². The molecule has 2 rings (SSSR count). The van der Waals surface area contributed by atoms with Gasteiger partial charge in [-0.1, -0.05) is 18.2 Å². The molecule has 2 N–H and O–H groups in total. The number of anilines is 1. The Hall–Kier alpha value is -3.02. The van der Waals surface area contributed by atoms with E-state index in [2.05, 4.69) is 10.5 Å². The van der Waals surface area contributed by atoms with E-state index in [1.165, 1.54) is 12.3 Å². The highest BCUT2D eigenvalue weighted by atomic mass is 16.5. The zero-order valence-corrected chi connectivity index (χ0v) is 14.5. The van der Waals surface area contributed by atoms with Crippen LogP contribution in [0.4, 0.5) is 5.69 Å². The molecule has 0 heterocycles. The van der Waals surface area contributed by atoms with E-state index >= 15 is 0 Å². The van der Waals surface area contributed by atoms with E-state index in [1.807, 2.05) is 49.1 Å². The topological polar surface area (TPSA) is 74.2 Å². The zero-order valence-electron chi connectivity index (χ0n) is 14.5. The number of nitrogens with one attached hydrogen (secondary N) is 1. The van der Waals surface area contributed by atoms with Gasteiger partial charge < -0.3 is 14.7 Å². The van der Waals surface area contributed by atoms with Gasteiger partial charge in [0.1, 0.15) is 0 Å². The minimum atomic E-state index is -0.203. The molecule has 2 aromatic rings. The highest BCUT2D eigenvalue weighted by Gasteiger charge is 2.09. The van der Waals surface area contributed by atoms with Crippen LogP contribution >= 0.6 is 0 Å². The van der Waals surface area contributed by atoms with Crippen LogP contribution in [-0.4, -0.2) is 36.9 Å². The lowest BCUT2D eigenvalue weighted by Gasteiger charge is -2.21. The number of rotatable bonds is 8. The van der Waals surface area contributed by atoms with E-state index < -0.39 is 0 Å². The third-order valence-electron chi connectivity index (χ3n) is 3.52. The summed E-state index contributed by atoms with van der Waals surface area (Å²) in [6.07, 6.45) is 1.51. The Kier molecular flexibility index (Phi) is 6.83. The summed E-state index contributed by atoms with van der Waals surface area (Å²) >= 11 is 0. The maximum atomic E-state index is 12.1. The van der Waals surface area contributed by atoms with Crippen LogP contribution in [0, 0.1) is 0 Å². The van der Waals surface area contributed by atoms with Gasteiger partial charge in [-0.2, -0.15) is 5.10 Å². The molecule has 0 radical (unpaired) electrons. The summed E-state index contributed by atoms with van der Waals surface area (Å²) in [5, 5.41) is 13.6. The fourth-order valence-electron chi connectivity index (χ4n) is 2.29. The van der Waals surface area contributed by atoms with E-state index in [0.717, 1.165) is 17.8 Å². The van der Waals surface area contributed by atoms with Gasteiger partial charge in [0.25, 0.3) is 5.91 Å². The molecule has 0 aromatic heterocycles. The summed E-state index contributed by atoms with van der Waals surface area (Å²) in [6, 6.07) is 14.6. The van der Waals surface area contributed by atoms with Gasteiger partial charge >= 0.3 is 0 Å². The molecule has 0 saturated heterocycles. The van der Waals surface area contributed by atoms with Crippen molar-refractivity contribution in [3.63, 3.8) is 0 Å². The summed E-state index contributed by atoms with van der Waals surface area (Å²) in [4.78, 5) is 14.0. The van der Waals surface area contributed by atoms with Crippen molar-refractivity contribution < 1.29 is 14.6 Å². The summed E-state index contributed by atoms with van der Waals surface area (Å²) < 4.78 is 5.32. The molecule has 0 fully saturated rings. The van der Waals surface area contributed by atoms with Crippen LogP contribution < -0.4 is 15.1 Å². The Morgan fingerprint density at radius 1 is 1.24 bits per heavy atom. The monoisotopic (exact) mass is 341 g/mol. The standard InChI is InChI=1S/C19H23N3O3/c1-3-22(16-8-6-5-7-9-16)14-19(24)21-20-13-15-10-11-17(23)18(12-15)25-4-2/h5-13,23H,3-4,14H2,1-2H3,(H,21,24)/b20-13+. The molecule has 0 atom stereocenters. The lowest BCUT2D eigenvalue weighted by molar-refractivity contribution is -0.119. The Labute approximate surface area is 147 Å². The number of carbonyl (C=O) groups is 1. The molecule has 6 heteroatoms. The van der Waals surface area contributed by atoms with Crippen LogP contribution in [0.25, 0.3) is 0 Å². The average Bonchev–Trinajstić information content (AvgIpc) is 2.63. The second-order valence-corrected chi connectivity index (χ2v) is 5.30. The molecular weight excluding hydrogens is 318 g/mol. The number of hydrogen-bond donors (Lipinski definition) is 2. The van der Waals surface area contributed by atoms with Crippen molar-refractivity contribution in [2.24, 2.45) is 5.10 Å². The van der Waals surface area contributed by atoms with E-state index in [1.54, 1.807) is 12.1 Å². The lowest BCUT2D eigenvalue weighted by Crippen LogP contribution is -2.35. The van der Waals surface area contributed by atoms with E-state index in [9.17, 15) is 9.90 Å². The minimum Gasteiger partial charge on any atom is -0.504 e. The SMILES string of the molecule is CCOc1cc(/C=N/NC(=O)CN(CC)c2ccccc2)ccc1O. The number of hydrogen-bond acceptors (Lipinski definition) is 5. The number of benzene rings is 2. The molecule has 0 saturated carbocycles. The van der Waals surface area contributed by atoms with Crippen LogP contribution in [0.15, 0.2) is 53.6 Å². The number of likely N-dealkylation sites (N-methyl/N-ethyl adjacent to an activating group) is 1. The van der Waals surface area contributed by atoms with Gasteiger partial charge in [-0.25, -0.2) is 5.43 Å². The number of aromatic hydroxyl groups is 1. The lowest BCUT2D eigenvalue weighted by atomic mass is 10.2. The molecule has 25 heavy (non-hydrogen) atoms. The number of amides is 1. The van der Waals surface area contributed by atoms with Crippen LogP contribution in [0.3, 0.4) is 0 Å². The highest BCUT2D eigenvalue weighted by Crippen LogP contribution is 2.26. The average molecular weight is 341 g/mol. The molecule has 0 aliphatic carbocycles. The molecule has 0 aliphatic heterocycles. The van der Waals surface area contributed by atoms with Gasteiger partial charge in [0.2, 0.25) is 0 Å². The molecule has 132 valence electrons. The summed E-state index contributed by atoms with van der Waals surface area (Å²) in [7, 11) is 0. The summed E-state index contributed by atoms with van der Waals surface area (Å²) in [5.41, 5.74) is 4.23. The molecule has 2 aromatic carbocycles. The minimum absolute atomic E-state index is 0.0736. The quantitative estimate of drug-likeness (QED) is 0.572. The van der Waals surface area contributed by atoms with Gasteiger partial charge in [-0.05, 0) is 49.7 Å². The molecular formula is C19H23N3O3. The smallest absolute Gasteiger partial charge is 0.259 e. The third-order valence-corrected chi connectivity index (χ3v) is 3.52. The van der Waals surface area contributed by atoms with Crippen LogP contribution in [0.5, 0.6) is 11.5 Å². The largest absolute Gasteiger partial charge is 0.504 e. The fraction of sp³-hybridized carbons (Fsp3) is 0.263. The number of carbonyl (C=O) groups excluding carboxylic acids is 1. The molecule has 6 nitrogen and oxygen atoms in total. The number of ether oxygens (including phenoxy) is 1. The Morgan fingerprint density at radius 2 is 2.00 bits per heavy atom. The van der Waals surface area contributed by atoms with Gasteiger partial charge in [0.15, 0.2) is 11.5 Å². The van der Waals surface area contributed by atoms with Gasteiger partial charge in [-0.15, -0.1) is 0 Å². The molecule has 0 unspecified atom stereocenters. The normalized spacial score (nSPS) is 10.6. The van der Waals surface area contributed by atoms with E-state index in [4.69, 9.17) is 4.74 Å². The highest BCUT2D eigenvalue weighted by molar-refractivity contribution is 5.85. The Balaban J connectivity index is 1.93. The van der Waals surface area contributed by atoms with Crippen molar-refractivity contribution in [3.05, 3.63) is 54.1 Å². The van der Waals surface area contributed by atoms with Crippen LogP contribution in [0.1, 0.15) is 19.4 Å². The fourth-order valence-corrected chi connectivity index (χ4v) is 2.29. The van der Waals surface area contributed by atoms with Crippen molar-refractivity contribution in [3.8, 4) is 11.5 Å². The first kappa shape index (κ1) is 18.3. The first-order valence-corrected chi connectivity index (χ1v) is 8.21. The molecule has 0 spiro atoms. The first-order chi connectivity index (χ1) is 12.1.